The summed E-state index contributed by atoms with van der Waals surface area (Å²) in [6.07, 6.45) is 0.782. The molecule has 0 radical (unpaired) electrons. The van der Waals surface area contributed by atoms with Crippen molar-refractivity contribution in [2.75, 3.05) is 11.9 Å². The summed E-state index contributed by atoms with van der Waals surface area (Å²) in [4.78, 5) is 15.9. The third-order valence-electron chi connectivity index (χ3n) is 3.30. The first kappa shape index (κ1) is 15.7. The second kappa shape index (κ2) is 6.93. The van der Waals surface area contributed by atoms with Gasteiger partial charge in [-0.05, 0) is 23.9 Å². The molecule has 1 aromatic carbocycles. The molecule has 0 aliphatic rings. The molecule has 0 fully saturated rings. The Morgan fingerprint density at radius 3 is 2.88 bits per heavy atom. The fraction of sp³-hybridized carbons (Fsp3) is 0.125. The van der Waals surface area contributed by atoms with Crippen molar-refractivity contribution >= 4 is 22.9 Å². The van der Waals surface area contributed by atoms with Gasteiger partial charge in [-0.3, -0.25) is 10.1 Å². The number of nitro benzene ring substituents is 1. The number of hydrogen-bond acceptors (Lipinski definition) is 7. The van der Waals surface area contributed by atoms with Gasteiger partial charge in [-0.1, -0.05) is 18.2 Å². The SMILES string of the molecule is N#Cc1nc(-c2ccccc2[N+](=O)[O-])oc1NCCc1cccs1. The zero-order chi connectivity index (χ0) is 16.9. The maximum atomic E-state index is 11.1. The minimum absolute atomic E-state index is 0.0532. The topological polar surface area (TPSA) is 105 Å². The van der Waals surface area contributed by atoms with Crippen LogP contribution in [0.3, 0.4) is 0 Å². The van der Waals surface area contributed by atoms with Crippen LogP contribution in [-0.2, 0) is 6.42 Å². The number of nitrogens with one attached hydrogen (secondary N) is 1. The van der Waals surface area contributed by atoms with Crippen LogP contribution in [0, 0.1) is 21.4 Å². The third-order valence-corrected chi connectivity index (χ3v) is 4.24. The second-order valence-corrected chi connectivity index (χ2v) is 5.87. The van der Waals surface area contributed by atoms with Gasteiger partial charge >= 0.3 is 0 Å². The highest BCUT2D eigenvalue weighted by atomic mass is 32.1. The molecule has 0 aliphatic heterocycles. The molecule has 7 nitrogen and oxygen atoms in total. The number of nitro groups is 1. The molecule has 3 aromatic rings. The Hall–Kier alpha value is -3.18. The van der Waals surface area contributed by atoms with Gasteiger partial charge in [0, 0.05) is 17.5 Å². The van der Waals surface area contributed by atoms with E-state index in [2.05, 4.69) is 10.3 Å². The standard InChI is InChI=1S/C16H12N4O3S/c17-10-13-16(18-8-7-11-4-3-9-24-11)23-15(19-13)12-5-1-2-6-14(12)20(21)22/h1-6,9,18H,7-8H2. The van der Waals surface area contributed by atoms with E-state index in [0.29, 0.717) is 6.54 Å². The average molecular weight is 340 g/mol. The van der Waals surface area contributed by atoms with Crippen molar-refractivity contribution in [2.24, 2.45) is 0 Å². The summed E-state index contributed by atoms with van der Waals surface area (Å²) in [5.74, 6) is 0.277. The van der Waals surface area contributed by atoms with Crippen molar-refractivity contribution in [3.63, 3.8) is 0 Å². The van der Waals surface area contributed by atoms with E-state index in [0.717, 1.165) is 6.42 Å². The first-order chi connectivity index (χ1) is 11.7. The molecule has 0 bridgehead atoms. The van der Waals surface area contributed by atoms with Crippen molar-refractivity contribution in [2.45, 2.75) is 6.42 Å². The molecule has 0 atom stereocenters. The summed E-state index contributed by atoms with van der Waals surface area (Å²) in [6.45, 7) is 0.570. The fourth-order valence-corrected chi connectivity index (χ4v) is 2.91. The van der Waals surface area contributed by atoms with Crippen molar-refractivity contribution in [1.29, 1.82) is 5.26 Å². The molecule has 8 heteroatoms. The molecular weight excluding hydrogens is 328 g/mol. The van der Waals surface area contributed by atoms with Crippen LogP contribution in [-0.4, -0.2) is 16.5 Å². The molecule has 0 aliphatic carbocycles. The predicted molar refractivity (Wildman–Crippen MR) is 89.8 cm³/mol. The Balaban J connectivity index is 1.83. The van der Waals surface area contributed by atoms with Crippen LogP contribution in [0.1, 0.15) is 10.6 Å². The van der Waals surface area contributed by atoms with E-state index in [9.17, 15) is 15.4 Å². The van der Waals surface area contributed by atoms with Crippen LogP contribution >= 0.6 is 11.3 Å². The molecule has 1 N–H and O–H groups in total. The van der Waals surface area contributed by atoms with Gasteiger partial charge in [-0.15, -0.1) is 11.3 Å². The smallest absolute Gasteiger partial charge is 0.282 e. The number of thiophene rings is 1. The van der Waals surface area contributed by atoms with Gasteiger partial charge in [-0.25, -0.2) is 0 Å². The van der Waals surface area contributed by atoms with E-state index in [-0.39, 0.29) is 28.7 Å². The highest BCUT2D eigenvalue weighted by molar-refractivity contribution is 7.09. The van der Waals surface area contributed by atoms with Crippen LogP contribution < -0.4 is 5.32 Å². The molecule has 24 heavy (non-hydrogen) atoms. The average Bonchev–Trinajstić information content (AvgIpc) is 3.24. The van der Waals surface area contributed by atoms with Crippen molar-refractivity contribution in [3.05, 3.63) is 62.5 Å². The zero-order valence-electron chi connectivity index (χ0n) is 12.4. The molecule has 0 spiro atoms. The van der Waals surface area contributed by atoms with E-state index >= 15 is 0 Å². The summed E-state index contributed by atoms with van der Waals surface area (Å²) in [5.41, 5.74) is 0.202. The second-order valence-electron chi connectivity index (χ2n) is 4.84. The van der Waals surface area contributed by atoms with Gasteiger partial charge in [0.05, 0.1) is 4.92 Å². The largest absolute Gasteiger partial charge is 0.419 e. The lowest BCUT2D eigenvalue weighted by Gasteiger charge is -2.01. The van der Waals surface area contributed by atoms with Gasteiger partial charge in [0.15, 0.2) is 0 Å². The van der Waals surface area contributed by atoms with Gasteiger partial charge in [0.2, 0.25) is 17.5 Å². The number of rotatable bonds is 6. The van der Waals surface area contributed by atoms with Crippen molar-refractivity contribution in [3.8, 4) is 17.5 Å². The van der Waals surface area contributed by atoms with Gasteiger partial charge in [0.1, 0.15) is 11.6 Å². The van der Waals surface area contributed by atoms with E-state index < -0.39 is 4.92 Å². The van der Waals surface area contributed by atoms with Crippen molar-refractivity contribution in [1.82, 2.24) is 4.98 Å². The first-order valence-electron chi connectivity index (χ1n) is 7.10. The van der Waals surface area contributed by atoms with Gasteiger partial charge in [-0.2, -0.15) is 10.2 Å². The lowest BCUT2D eigenvalue weighted by Crippen LogP contribution is -2.04. The number of oxazole rings is 1. The van der Waals surface area contributed by atoms with E-state index in [1.165, 1.54) is 10.9 Å². The Bertz CT molecular complexity index is 896. The number of nitrogens with zero attached hydrogens (tertiary/aromatic N) is 3. The summed E-state index contributed by atoms with van der Waals surface area (Å²) >= 11 is 1.65. The van der Waals surface area contributed by atoms with Gasteiger partial charge in [0.25, 0.3) is 5.69 Å². The van der Waals surface area contributed by atoms with Crippen molar-refractivity contribution < 1.29 is 9.34 Å². The Kier molecular flexibility index (Phi) is 4.54. The predicted octanol–water partition coefficient (Wildman–Crippen LogP) is 3.84. The van der Waals surface area contributed by atoms with Crippen LogP contribution in [0.2, 0.25) is 0 Å². The normalized spacial score (nSPS) is 10.3. The number of benzene rings is 1. The summed E-state index contributed by atoms with van der Waals surface area (Å²) in [5, 5.41) is 25.3. The molecule has 2 heterocycles. The molecule has 0 unspecified atom stereocenters. The molecule has 0 saturated carbocycles. The number of anilines is 1. The molecular formula is C16H12N4O3S. The first-order valence-corrected chi connectivity index (χ1v) is 7.98. The summed E-state index contributed by atoms with van der Waals surface area (Å²) < 4.78 is 5.56. The maximum Gasteiger partial charge on any atom is 0.282 e. The minimum atomic E-state index is -0.504. The molecule has 0 amide bonds. The van der Waals surface area contributed by atoms with Crippen LogP contribution in [0.15, 0.2) is 46.2 Å². The quantitative estimate of drug-likeness (QED) is 0.540. The highest BCUT2D eigenvalue weighted by Gasteiger charge is 2.21. The van der Waals surface area contributed by atoms with Gasteiger partial charge < -0.3 is 9.73 Å². The minimum Gasteiger partial charge on any atom is -0.419 e. The molecule has 120 valence electrons. The van der Waals surface area contributed by atoms with Crippen LogP contribution in [0.4, 0.5) is 11.6 Å². The van der Waals surface area contributed by atoms with E-state index in [1.807, 2.05) is 23.6 Å². The summed E-state index contributed by atoms with van der Waals surface area (Å²) in [7, 11) is 0. The van der Waals surface area contributed by atoms with E-state index in [4.69, 9.17) is 4.42 Å². The number of para-hydroxylation sites is 1. The molecule has 2 aromatic heterocycles. The summed E-state index contributed by atoms with van der Waals surface area (Å²) in [6, 6.07) is 12.1. The highest BCUT2D eigenvalue weighted by Crippen LogP contribution is 2.31. The molecule has 0 saturated heterocycles. The maximum absolute atomic E-state index is 11.1. The Labute approximate surface area is 141 Å². The van der Waals surface area contributed by atoms with E-state index in [1.54, 1.807) is 29.5 Å². The third kappa shape index (κ3) is 3.26. The Morgan fingerprint density at radius 1 is 1.33 bits per heavy atom. The Morgan fingerprint density at radius 2 is 2.17 bits per heavy atom. The molecule has 3 rings (SSSR count). The monoisotopic (exact) mass is 340 g/mol. The fourth-order valence-electron chi connectivity index (χ4n) is 2.20. The number of aromatic nitrogens is 1. The lowest BCUT2D eigenvalue weighted by atomic mass is 10.2. The lowest BCUT2D eigenvalue weighted by molar-refractivity contribution is -0.384. The number of nitriles is 1. The zero-order valence-corrected chi connectivity index (χ0v) is 13.2. The van der Waals surface area contributed by atoms with Crippen LogP contribution in [0.25, 0.3) is 11.5 Å². The van der Waals surface area contributed by atoms with Crippen LogP contribution in [0.5, 0.6) is 0 Å². The number of hydrogen-bond donors (Lipinski definition) is 1.